The van der Waals surface area contributed by atoms with Crippen LogP contribution in [0.4, 0.5) is 5.69 Å². The van der Waals surface area contributed by atoms with Crippen molar-refractivity contribution in [3.05, 3.63) is 63.1 Å². The van der Waals surface area contributed by atoms with Gasteiger partial charge < -0.3 is 20.5 Å². The lowest BCUT2D eigenvalue weighted by Gasteiger charge is -2.33. The standard InChI is InChI=1S/C19H16Cl2N2O5/c1-28-19(27)15-8-14(16-12(21)6-9(20)7-13(16)22-15)23-17(24)10-4-2-3-5-11(10)18(25)26/h2-7,14-15,22H,8H2,1H3,(H,23,24)(H,25,26)/t14-,15+/m1/s1. The highest BCUT2D eigenvalue weighted by Crippen LogP contribution is 2.40. The summed E-state index contributed by atoms with van der Waals surface area (Å²) in [6.45, 7) is 0. The average Bonchev–Trinajstić information content (AvgIpc) is 2.66. The third-order valence-corrected chi connectivity index (χ3v) is 4.97. The summed E-state index contributed by atoms with van der Waals surface area (Å²) in [6, 6.07) is 7.62. The quantitative estimate of drug-likeness (QED) is 0.650. The molecule has 2 atom stereocenters. The topological polar surface area (TPSA) is 105 Å². The molecule has 3 rings (SSSR count). The summed E-state index contributed by atoms with van der Waals surface area (Å²) in [5, 5.41) is 15.8. The molecule has 0 unspecified atom stereocenters. The van der Waals surface area contributed by atoms with Crippen molar-refractivity contribution >= 4 is 46.7 Å². The van der Waals surface area contributed by atoms with E-state index < -0.39 is 29.9 Å². The number of nitrogens with one attached hydrogen (secondary N) is 2. The van der Waals surface area contributed by atoms with Crippen LogP contribution in [0.2, 0.25) is 10.0 Å². The predicted molar refractivity (Wildman–Crippen MR) is 104 cm³/mol. The van der Waals surface area contributed by atoms with Gasteiger partial charge in [0, 0.05) is 27.7 Å². The van der Waals surface area contributed by atoms with E-state index in [0.717, 1.165) is 0 Å². The zero-order valence-corrected chi connectivity index (χ0v) is 16.2. The summed E-state index contributed by atoms with van der Waals surface area (Å²) < 4.78 is 4.80. The van der Waals surface area contributed by atoms with E-state index in [1.165, 1.54) is 31.4 Å². The molecule has 3 N–H and O–H groups in total. The van der Waals surface area contributed by atoms with E-state index in [2.05, 4.69) is 10.6 Å². The van der Waals surface area contributed by atoms with Crippen LogP contribution >= 0.6 is 23.2 Å². The fourth-order valence-electron chi connectivity index (χ4n) is 3.19. The number of rotatable bonds is 4. The molecule has 0 spiro atoms. The first kappa shape index (κ1) is 20.0. The van der Waals surface area contributed by atoms with Gasteiger partial charge in [0.25, 0.3) is 5.91 Å². The van der Waals surface area contributed by atoms with Gasteiger partial charge in [-0.3, -0.25) is 4.79 Å². The molecule has 1 heterocycles. The molecule has 1 aliphatic heterocycles. The highest BCUT2D eigenvalue weighted by Gasteiger charge is 2.34. The van der Waals surface area contributed by atoms with Gasteiger partial charge in [0.15, 0.2) is 0 Å². The minimum Gasteiger partial charge on any atom is -0.478 e. The fourth-order valence-corrected chi connectivity index (χ4v) is 3.82. The third kappa shape index (κ3) is 3.90. The van der Waals surface area contributed by atoms with Gasteiger partial charge in [-0.15, -0.1) is 0 Å². The molecule has 1 amide bonds. The molecule has 0 radical (unpaired) electrons. The molecule has 0 aromatic heterocycles. The van der Waals surface area contributed by atoms with E-state index in [1.807, 2.05) is 0 Å². The van der Waals surface area contributed by atoms with Crippen molar-refractivity contribution in [3.8, 4) is 0 Å². The van der Waals surface area contributed by atoms with Gasteiger partial charge in [-0.25, -0.2) is 9.59 Å². The Balaban J connectivity index is 1.98. The first-order valence-electron chi connectivity index (χ1n) is 8.28. The minimum atomic E-state index is -1.21. The van der Waals surface area contributed by atoms with E-state index in [0.29, 0.717) is 21.3 Å². The van der Waals surface area contributed by atoms with E-state index in [4.69, 9.17) is 27.9 Å². The number of halogens is 2. The summed E-state index contributed by atoms with van der Waals surface area (Å²) in [5.74, 6) is -2.31. The number of carboxylic acid groups (broad SMARTS) is 1. The van der Waals surface area contributed by atoms with Gasteiger partial charge in [0.1, 0.15) is 6.04 Å². The summed E-state index contributed by atoms with van der Waals surface area (Å²) in [6.07, 6.45) is 0.169. The minimum absolute atomic E-state index is 0.00906. The number of aromatic carboxylic acids is 1. The van der Waals surface area contributed by atoms with Crippen LogP contribution in [0.5, 0.6) is 0 Å². The Bertz CT molecular complexity index is 963. The number of hydrogen-bond donors (Lipinski definition) is 3. The number of benzene rings is 2. The Hall–Kier alpha value is -2.77. The molecule has 0 bridgehead atoms. The lowest BCUT2D eigenvalue weighted by Crippen LogP contribution is -2.42. The summed E-state index contributed by atoms with van der Waals surface area (Å²) in [5.41, 5.74) is 0.944. The number of carbonyl (C=O) groups is 3. The maximum absolute atomic E-state index is 12.8. The van der Waals surface area contributed by atoms with E-state index in [1.54, 1.807) is 12.1 Å². The van der Waals surface area contributed by atoms with Crippen molar-refractivity contribution in [1.29, 1.82) is 0 Å². The van der Waals surface area contributed by atoms with Gasteiger partial charge in [-0.2, -0.15) is 0 Å². The summed E-state index contributed by atoms with van der Waals surface area (Å²) in [7, 11) is 1.27. The van der Waals surface area contributed by atoms with E-state index >= 15 is 0 Å². The molecule has 7 nitrogen and oxygen atoms in total. The van der Waals surface area contributed by atoms with Crippen LogP contribution in [0.3, 0.4) is 0 Å². The van der Waals surface area contributed by atoms with Crippen molar-refractivity contribution in [1.82, 2.24) is 5.32 Å². The van der Waals surface area contributed by atoms with Gasteiger partial charge in [0.05, 0.1) is 24.3 Å². The van der Waals surface area contributed by atoms with Crippen LogP contribution in [-0.2, 0) is 9.53 Å². The molecule has 28 heavy (non-hydrogen) atoms. The lowest BCUT2D eigenvalue weighted by atomic mass is 9.92. The van der Waals surface area contributed by atoms with Crippen LogP contribution < -0.4 is 10.6 Å². The highest BCUT2D eigenvalue weighted by atomic mass is 35.5. The molecule has 0 aliphatic carbocycles. The van der Waals surface area contributed by atoms with Crippen molar-refractivity contribution in [3.63, 3.8) is 0 Å². The molecule has 0 saturated heterocycles. The maximum atomic E-state index is 12.8. The number of fused-ring (bicyclic) bond motifs is 1. The number of ether oxygens (including phenoxy) is 1. The highest BCUT2D eigenvalue weighted by molar-refractivity contribution is 6.35. The molecule has 2 aromatic carbocycles. The first-order valence-corrected chi connectivity index (χ1v) is 9.04. The number of methoxy groups -OCH3 is 1. The number of hydrogen-bond acceptors (Lipinski definition) is 5. The normalized spacial score (nSPS) is 17.8. The lowest BCUT2D eigenvalue weighted by molar-refractivity contribution is -0.141. The van der Waals surface area contributed by atoms with Gasteiger partial charge in [-0.1, -0.05) is 35.3 Å². The van der Waals surface area contributed by atoms with Crippen molar-refractivity contribution < 1.29 is 24.2 Å². The number of amides is 1. The molecule has 0 fully saturated rings. The Morgan fingerprint density at radius 2 is 1.86 bits per heavy atom. The SMILES string of the molecule is COC(=O)[C@@H]1C[C@@H](NC(=O)c2ccccc2C(=O)O)c2c(Cl)cc(Cl)cc2N1. The summed E-state index contributed by atoms with van der Waals surface area (Å²) >= 11 is 12.4. The van der Waals surface area contributed by atoms with Gasteiger partial charge >= 0.3 is 11.9 Å². The second-order valence-electron chi connectivity index (χ2n) is 6.18. The van der Waals surface area contributed by atoms with Gasteiger partial charge in [-0.05, 0) is 24.3 Å². The molecule has 0 saturated carbocycles. The smallest absolute Gasteiger partial charge is 0.336 e. The van der Waals surface area contributed by atoms with Crippen LogP contribution in [0.25, 0.3) is 0 Å². The molecule has 146 valence electrons. The predicted octanol–water partition coefficient (Wildman–Crippen LogP) is 3.52. The second-order valence-corrected chi connectivity index (χ2v) is 7.03. The molecular weight excluding hydrogens is 407 g/mol. The van der Waals surface area contributed by atoms with E-state index in [-0.39, 0.29) is 17.5 Å². The molecule has 2 aromatic rings. The monoisotopic (exact) mass is 422 g/mol. The van der Waals surface area contributed by atoms with Crippen LogP contribution in [0.1, 0.15) is 38.7 Å². The maximum Gasteiger partial charge on any atom is 0.336 e. The zero-order chi connectivity index (χ0) is 20.4. The van der Waals surface area contributed by atoms with Crippen molar-refractivity contribution in [2.24, 2.45) is 0 Å². The van der Waals surface area contributed by atoms with Gasteiger partial charge in [0.2, 0.25) is 0 Å². The number of carbonyl (C=O) groups excluding carboxylic acids is 2. The van der Waals surface area contributed by atoms with Crippen LogP contribution in [0, 0.1) is 0 Å². The molecule has 9 heteroatoms. The number of anilines is 1. The van der Waals surface area contributed by atoms with E-state index in [9.17, 15) is 19.5 Å². The second kappa shape index (κ2) is 8.08. The largest absolute Gasteiger partial charge is 0.478 e. The van der Waals surface area contributed by atoms with Crippen molar-refractivity contribution in [2.75, 3.05) is 12.4 Å². The fraction of sp³-hybridized carbons (Fsp3) is 0.211. The third-order valence-electron chi connectivity index (χ3n) is 4.44. The Morgan fingerprint density at radius 3 is 2.50 bits per heavy atom. The average molecular weight is 423 g/mol. The first-order chi connectivity index (χ1) is 13.3. The zero-order valence-electron chi connectivity index (χ0n) is 14.7. The summed E-state index contributed by atoms with van der Waals surface area (Å²) in [4.78, 5) is 36.2. The van der Waals surface area contributed by atoms with Crippen molar-refractivity contribution in [2.45, 2.75) is 18.5 Å². The number of esters is 1. The molecular formula is C19H16Cl2N2O5. The Morgan fingerprint density at radius 1 is 1.18 bits per heavy atom. The molecule has 1 aliphatic rings. The van der Waals surface area contributed by atoms with Crippen LogP contribution in [0.15, 0.2) is 36.4 Å². The van der Waals surface area contributed by atoms with Crippen LogP contribution in [-0.4, -0.2) is 36.1 Å². The Kier molecular flexibility index (Phi) is 5.76. The number of carboxylic acids is 1. The Labute approximate surface area is 170 Å².